The van der Waals surface area contributed by atoms with Crippen molar-refractivity contribution in [2.45, 2.75) is 33.1 Å². The van der Waals surface area contributed by atoms with Crippen LogP contribution >= 0.6 is 11.6 Å². The van der Waals surface area contributed by atoms with Gasteiger partial charge in [-0.3, -0.25) is 9.69 Å². The highest BCUT2D eigenvalue weighted by atomic mass is 35.5. The molecule has 1 saturated heterocycles. The number of carbonyl (C=O) groups excluding carboxylic acids is 1. The first-order chi connectivity index (χ1) is 14.1. The number of rotatable bonds is 8. The molecule has 1 heterocycles. The van der Waals surface area contributed by atoms with E-state index < -0.39 is 0 Å². The molecular formula is C23H29ClN2O3. The van der Waals surface area contributed by atoms with Crippen molar-refractivity contribution in [2.75, 3.05) is 38.2 Å². The van der Waals surface area contributed by atoms with Gasteiger partial charge in [-0.1, -0.05) is 24.1 Å². The monoisotopic (exact) mass is 416 g/mol. The molecule has 0 atom stereocenters. The van der Waals surface area contributed by atoms with Gasteiger partial charge in [-0.25, -0.2) is 0 Å². The molecule has 2 aromatic carbocycles. The number of hydrogen-bond donors (Lipinski definition) is 1. The number of carbonyl (C=O) groups is 1. The molecule has 0 bridgehead atoms. The molecule has 156 valence electrons. The Balaban J connectivity index is 1.74. The number of ether oxygens (including phenoxy) is 2. The molecule has 1 N–H and O–H groups in total. The summed E-state index contributed by atoms with van der Waals surface area (Å²) in [5.74, 6) is 0.797. The summed E-state index contributed by atoms with van der Waals surface area (Å²) in [6.45, 7) is 7.90. The normalized spacial score (nSPS) is 14.4. The van der Waals surface area contributed by atoms with Crippen molar-refractivity contribution in [3.05, 3.63) is 52.5 Å². The first kappa shape index (κ1) is 21.5. The van der Waals surface area contributed by atoms with Crippen molar-refractivity contribution in [2.24, 2.45) is 0 Å². The smallest absolute Gasteiger partial charge is 0.263 e. The van der Waals surface area contributed by atoms with Gasteiger partial charge in [-0.05, 0) is 75.7 Å². The van der Waals surface area contributed by atoms with Crippen LogP contribution in [-0.4, -0.2) is 43.7 Å². The molecule has 1 aliphatic rings. The highest BCUT2D eigenvalue weighted by molar-refractivity contribution is 6.31. The number of piperidine rings is 1. The van der Waals surface area contributed by atoms with Gasteiger partial charge < -0.3 is 14.8 Å². The van der Waals surface area contributed by atoms with E-state index in [9.17, 15) is 4.79 Å². The lowest BCUT2D eigenvalue weighted by Crippen LogP contribution is -2.33. The van der Waals surface area contributed by atoms with Crippen LogP contribution in [0.5, 0.6) is 11.5 Å². The van der Waals surface area contributed by atoms with Crippen LogP contribution in [0.15, 0.2) is 36.4 Å². The minimum absolute atomic E-state index is 0.260. The molecule has 0 unspecified atom stereocenters. The topological polar surface area (TPSA) is 50.8 Å². The number of anilines is 1. The largest absolute Gasteiger partial charge is 0.493 e. The molecule has 1 fully saturated rings. The highest BCUT2D eigenvalue weighted by Gasteiger charge is 2.20. The summed E-state index contributed by atoms with van der Waals surface area (Å²) in [7, 11) is 0. The number of benzene rings is 2. The quantitative estimate of drug-likeness (QED) is 0.645. The van der Waals surface area contributed by atoms with Crippen molar-refractivity contribution < 1.29 is 14.3 Å². The van der Waals surface area contributed by atoms with E-state index in [1.54, 1.807) is 18.2 Å². The third kappa shape index (κ3) is 5.87. The van der Waals surface area contributed by atoms with Crippen molar-refractivity contribution >= 4 is 23.2 Å². The van der Waals surface area contributed by atoms with Crippen molar-refractivity contribution in [3.8, 4) is 11.5 Å². The van der Waals surface area contributed by atoms with E-state index in [1.807, 2.05) is 32.0 Å². The van der Waals surface area contributed by atoms with Crippen LogP contribution in [0.25, 0.3) is 0 Å². The van der Waals surface area contributed by atoms with Gasteiger partial charge in [0.05, 0.1) is 6.61 Å². The summed E-state index contributed by atoms with van der Waals surface area (Å²) < 4.78 is 11.7. The number of halogens is 1. The second kappa shape index (κ2) is 10.5. The summed E-state index contributed by atoms with van der Waals surface area (Å²) in [6.07, 6.45) is 3.80. The predicted molar refractivity (Wildman–Crippen MR) is 118 cm³/mol. The minimum Gasteiger partial charge on any atom is -0.493 e. The number of amides is 1. The SMILES string of the molecule is CCOc1cccc(OCCN2CCCCC2)c1C(=O)Nc1ccc(Cl)c(C)c1. The summed E-state index contributed by atoms with van der Waals surface area (Å²) >= 11 is 6.09. The number of nitrogens with one attached hydrogen (secondary N) is 1. The maximum absolute atomic E-state index is 13.1. The Bertz CT molecular complexity index is 835. The zero-order chi connectivity index (χ0) is 20.6. The Kier molecular flexibility index (Phi) is 7.78. The maximum Gasteiger partial charge on any atom is 0.263 e. The van der Waals surface area contributed by atoms with Crippen LogP contribution in [-0.2, 0) is 0 Å². The van der Waals surface area contributed by atoms with Crippen molar-refractivity contribution in [1.82, 2.24) is 4.90 Å². The van der Waals surface area contributed by atoms with E-state index >= 15 is 0 Å². The maximum atomic E-state index is 13.1. The summed E-state index contributed by atoms with van der Waals surface area (Å²) in [4.78, 5) is 15.5. The molecule has 3 rings (SSSR count). The van der Waals surface area contributed by atoms with Gasteiger partial charge in [0.1, 0.15) is 23.7 Å². The van der Waals surface area contributed by atoms with Gasteiger partial charge in [0.15, 0.2) is 0 Å². The fourth-order valence-corrected chi connectivity index (χ4v) is 3.63. The molecule has 0 radical (unpaired) electrons. The Morgan fingerprint density at radius 1 is 1.10 bits per heavy atom. The molecule has 6 heteroatoms. The van der Waals surface area contributed by atoms with E-state index in [2.05, 4.69) is 10.2 Å². The number of likely N-dealkylation sites (tertiary alicyclic amines) is 1. The van der Waals surface area contributed by atoms with Gasteiger partial charge in [0.2, 0.25) is 0 Å². The molecule has 1 amide bonds. The summed E-state index contributed by atoms with van der Waals surface area (Å²) in [5, 5.41) is 3.60. The van der Waals surface area contributed by atoms with Crippen LogP contribution in [0.2, 0.25) is 5.02 Å². The van der Waals surface area contributed by atoms with Gasteiger partial charge in [0, 0.05) is 17.3 Å². The molecule has 2 aromatic rings. The fourth-order valence-electron chi connectivity index (χ4n) is 3.51. The average molecular weight is 417 g/mol. The van der Waals surface area contributed by atoms with Gasteiger partial charge in [0.25, 0.3) is 5.91 Å². The summed E-state index contributed by atoms with van der Waals surface area (Å²) in [5.41, 5.74) is 2.00. The van der Waals surface area contributed by atoms with Gasteiger partial charge >= 0.3 is 0 Å². The highest BCUT2D eigenvalue weighted by Crippen LogP contribution is 2.30. The standard InChI is InChI=1S/C23H29ClN2O3/c1-3-28-20-8-7-9-21(29-15-14-26-12-5-4-6-13-26)22(20)23(27)25-18-10-11-19(24)17(2)16-18/h7-11,16H,3-6,12-15H2,1-2H3,(H,25,27). The lowest BCUT2D eigenvalue weighted by molar-refractivity contribution is 0.101. The van der Waals surface area contributed by atoms with E-state index in [-0.39, 0.29) is 5.91 Å². The zero-order valence-electron chi connectivity index (χ0n) is 17.2. The molecule has 5 nitrogen and oxygen atoms in total. The van der Waals surface area contributed by atoms with Crippen LogP contribution in [0.1, 0.15) is 42.1 Å². The zero-order valence-corrected chi connectivity index (χ0v) is 17.9. The van der Waals surface area contributed by atoms with E-state index in [0.717, 1.165) is 25.2 Å². The fraction of sp³-hybridized carbons (Fsp3) is 0.435. The number of nitrogens with zero attached hydrogens (tertiary/aromatic N) is 1. The number of hydrogen-bond acceptors (Lipinski definition) is 4. The molecule has 0 saturated carbocycles. The Hall–Kier alpha value is -2.24. The third-order valence-corrected chi connectivity index (χ3v) is 5.47. The molecule has 29 heavy (non-hydrogen) atoms. The van der Waals surface area contributed by atoms with Crippen molar-refractivity contribution in [3.63, 3.8) is 0 Å². The first-order valence-electron chi connectivity index (χ1n) is 10.3. The van der Waals surface area contributed by atoms with Gasteiger partial charge in [-0.15, -0.1) is 0 Å². The van der Waals surface area contributed by atoms with Gasteiger partial charge in [-0.2, -0.15) is 0 Å². The Morgan fingerprint density at radius 3 is 2.52 bits per heavy atom. The van der Waals surface area contributed by atoms with E-state index in [4.69, 9.17) is 21.1 Å². The average Bonchev–Trinajstić information content (AvgIpc) is 2.72. The molecule has 0 aromatic heterocycles. The predicted octanol–water partition coefficient (Wildman–Crippen LogP) is 5.16. The first-order valence-corrected chi connectivity index (χ1v) is 10.6. The van der Waals surface area contributed by atoms with Crippen LogP contribution in [0.4, 0.5) is 5.69 Å². The molecule has 0 aliphatic carbocycles. The van der Waals surface area contributed by atoms with Crippen LogP contribution in [0.3, 0.4) is 0 Å². The van der Waals surface area contributed by atoms with E-state index in [0.29, 0.717) is 41.0 Å². The Labute approximate surface area is 177 Å². The lowest BCUT2D eigenvalue weighted by Gasteiger charge is -2.26. The van der Waals surface area contributed by atoms with Crippen LogP contribution < -0.4 is 14.8 Å². The molecule has 0 spiro atoms. The van der Waals surface area contributed by atoms with Crippen molar-refractivity contribution in [1.29, 1.82) is 0 Å². The molecule has 1 aliphatic heterocycles. The van der Waals surface area contributed by atoms with Crippen LogP contribution in [0, 0.1) is 6.92 Å². The lowest BCUT2D eigenvalue weighted by atomic mass is 10.1. The minimum atomic E-state index is -0.260. The Morgan fingerprint density at radius 2 is 1.83 bits per heavy atom. The molecular weight excluding hydrogens is 388 g/mol. The third-order valence-electron chi connectivity index (χ3n) is 5.04. The van der Waals surface area contributed by atoms with E-state index in [1.165, 1.54) is 19.3 Å². The summed E-state index contributed by atoms with van der Waals surface area (Å²) in [6, 6.07) is 10.9. The second-order valence-electron chi connectivity index (χ2n) is 7.23. The second-order valence-corrected chi connectivity index (χ2v) is 7.64. The number of aryl methyl sites for hydroxylation is 1.